The highest BCUT2D eigenvalue weighted by atomic mass is 16.5. The van der Waals surface area contributed by atoms with E-state index < -0.39 is 0 Å². The molecule has 1 fully saturated rings. The highest BCUT2D eigenvalue weighted by Gasteiger charge is 2.33. The summed E-state index contributed by atoms with van der Waals surface area (Å²) < 4.78 is 5.13. The lowest BCUT2D eigenvalue weighted by Gasteiger charge is -2.33. The van der Waals surface area contributed by atoms with Gasteiger partial charge in [-0.25, -0.2) is 0 Å². The maximum atomic E-state index is 8.74. The summed E-state index contributed by atoms with van der Waals surface area (Å²) in [5, 5.41) is 8.74. The molecule has 1 aliphatic carbocycles. The second-order valence-electron chi connectivity index (χ2n) is 4.52. The molecule has 1 saturated carbocycles. The number of ether oxygens (including phenoxy) is 1. The smallest absolute Gasteiger partial charge is 0.0638 e. The fourth-order valence-corrected chi connectivity index (χ4v) is 2.12. The van der Waals surface area contributed by atoms with Crippen molar-refractivity contribution in [2.45, 2.75) is 45.2 Å². The molecular weight excluding hydrogens is 188 g/mol. The lowest BCUT2D eigenvalue weighted by molar-refractivity contribution is 0.0887. The van der Waals surface area contributed by atoms with Crippen molar-refractivity contribution in [2.75, 3.05) is 20.3 Å². The second-order valence-corrected chi connectivity index (χ2v) is 4.52. The van der Waals surface area contributed by atoms with Crippen LogP contribution in [0.1, 0.15) is 33.1 Å². The molecular formula is C12H22N2O. The van der Waals surface area contributed by atoms with Crippen molar-refractivity contribution in [3.63, 3.8) is 0 Å². The van der Waals surface area contributed by atoms with E-state index >= 15 is 0 Å². The molecule has 0 amide bonds. The zero-order valence-corrected chi connectivity index (χ0v) is 10.1. The van der Waals surface area contributed by atoms with E-state index in [1.165, 1.54) is 12.8 Å². The van der Waals surface area contributed by atoms with E-state index in [4.69, 9.17) is 10.00 Å². The van der Waals surface area contributed by atoms with E-state index in [0.29, 0.717) is 18.5 Å². The van der Waals surface area contributed by atoms with Crippen LogP contribution in [0.2, 0.25) is 0 Å². The van der Waals surface area contributed by atoms with Gasteiger partial charge in [0.1, 0.15) is 0 Å². The van der Waals surface area contributed by atoms with Gasteiger partial charge in [0.25, 0.3) is 0 Å². The molecule has 0 N–H and O–H groups in total. The largest absolute Gasteiger partial charge is 0.383 e. The first-order valence-corrected chi connectivity index (χ1v) is 5.82. The molecule has 0 bridgehead atoms. The van der Waals surface area contributed by atoms with Gasteiger partial charge in [-0.05, 0) is 32.6 Å². The summed E-state index contributed by atoms with van der Waals surface area (Å²) in [4.78, 5) is 2.42. The molecule has 0 spiro atoms. The van der Waals surface area contributed by atoms with Gasteiger partial charge in [-0.15, -0.1) is 0 Å². The van der Waals surface area contributed by atoms with E-state index in [0.717, 1.165) is 19.1 Å². The Labute approximate surface area is 93.0 Å². The van der Waals surface area contributed by atoms with E-state index in [1.807, 2.05) is 0 Å². The molecule has 0 radical (unpaired) electrons. The number of nitrogens with zero attached hydrogens (tertiary/aromatic N) is 2. The van der Waals surface area contributed by atoms with Crippen LogP contribution in [0.4, 0.5) is 0 Å². The van der Waals surface area contributed by atoms with E-state index in [9.17, 15) is 0 Å². The third-order valence-electron chi connectivity index (χ3n) is 3.33. The Balaban J connectivity index is 2.46. The molecule has 3 nitrogen and oxygen atoms in total. The number of rotatable bonds is 7. The van der Waals surface area contributed by atoms with Crippen LogP contribution in [0.15, 0.2) is 0 Å². The summed E-state index contributed by atoms with van der Waals surface area (Å²) in [5.41, 5.74) is 0. The van der Waals surface area contributed by atoms with Crippen LogP contribution in [-0.4, -0.2) is 37.2 Å². The zero-order chi connectivity index (χ0) is 11.3. The average molecular weight is 210 g/mol. The predicted molar refractivity (Wildman–Crippen MR) is 60.5 cm³/mol. The van der Waals surface area contributed by atoms with Gasteiger partial charge in [-0.3, -0.25) is 4.90 Å². The molecule has 2 atom stereocenters. The van der Waals surface area contributed by atoms with Gasteiger partial charge in [-0.1, -0.05) is 0 Å². The molecule has 0 aromatic heterocycles. The SMILES string of the molecule is COCCN(C(C)CC#N)C(C)C1CC1. The van der Waals surface area contributed by atoms with Crippen LogP contribution < -0.4 is 0 Å². The summed E-state index contributed by atoms with van der Waals surface area (Å²) in [6.07, 6.45) is 3.31. The summed E-state index contributed by atoms with van der Waals surface area (Å²) in [6, 6.07) is 3.20. The summed E-state index contributed by atoms with van der Waals surface area (Å²) in [7, 11) is 1.73. The van der Waals surface area contributed by atoms with E-state index in [2.05, 4.69) is 24.8 Å². The normalized spacial score (nSPS) is 19.9. The molecule has 1 aliphatic rings. The van der Waals surface area contributed by atoms with Crippen molar-refractivity contribution < 1.29 is 4.74 Å². The van der Waals surface area contributed by atoms with Gasteiger partial charge in [-0.2, -0.15) is 5.26 Å². The Bertz CT molecular complexity index is 220. The molecule has 0 saturated heterocycles. The number of nitriles is 1. The molecule has 3 heteroatoms. The molecule has 1 rings (SSSR count). The Morgan fingerprint density at radius 2 is 2.13 bits per heavy atom. The summed E-state index contributed by atoms with van der Waals surface area (Å²) in [5.74, 6) is 0.850. The first kappa shape index (κ1) is 12.5. The second kappa shape index (κ2) is 6.09. The highest BCUT2D eigenvalue weighted by Crippen LogP contribution is 2.35. The van der Waals surface area contributed by atoms with Gasteiger partial charge in [0, 0.05) is 25.7 Å². The molecule has 86 valence electrons. The van der Waals surface area contributed by atoms with E-state index in [1.54, 1.807) is 7.11 Å². The minimum absolute atomic E-state index is 0.348. The van der Waals surface area contributed by atoms with Gasteiger partial charge in [0.15, 0.2) is 0 Å². The van der Waals surface area contributed by atoms with Crippen molar-refractivity contribution in [1.82, 2.24) is 4.90 Å². The molecule has 0 aliphatic heterocycles. The third-order valence-corrected chi connectivity index (χ3v) is 3.33. The topological polar surface area (TPSA) is 36.3 Å². The first-order valence-electron chi connectivity index (χ1n) is 5.82. The number of hydrogen-bond donors (Lipinski definition) is 0. The predicted octanol–water partition coefficient (Wildman–Crippen LogP) is 2.04. The van der Waals surface area contributed by atoms with Gasteiger partial charge < -0.3 is 4.74 Å². The fraction of sp³-hybridized carbons (Fsp3) is 0.917. The molecule has 0 aromatic rings. The van der Waals surface area contributed by atoms with Crippen LogP contribution in [0.5, 0.6) is 0 Å². The third kappa shape index (κ3) is 3.81. The molecule has 15 heavy (non-hydrogen) atoms. The van der Waals surface area contributed by atoms with Gasteiger partial charge >= 0.3 is 0 Å². The van der Waals surface area contributed by atoms with Gasteiger partial charge in [0.05, 0.1) is 19.1 Å². The van der Waals surface area contributed by atoms with Crippen molar-refractivity contribution >= 4 is 0 Å². The fourth-order valence-electron chi connectivity index (χ4n) is 2.12. The van der Waals surface area contributed by atoms with Crippen molar-refractivity contribution in [3.05, 3.63) is 0 Å². The lowest BCUT2D eigenvalue weighted by Crippen LogP contribution is -2.43. The number of methoxy groups -OCH3 is 1. The monoisotopic (exact) mass is 210 g/mol. The van der Waals surface area contributed by atoms with Gasteiger partial charge in [0.2, 0.25) is 0 Å². The van der Waals surface area contributed by atoms with Crippen LogP contribution in [0.25, 0.3) is 0 Å². The Kier molecular flexibility index (Phi) is 5.07. The van der Waals surface area contributed by atoms with Crippen LogP contribution in [-0.2, 0) is 4.74 Å². The summed E-state index contributed by atoms with van der Waals surface area (Å²) >= 11 is 0. The zero-order valence-electron chi connectivity index (χ0n) is 10.1. The first-order chi connectivity index (χ1) is 7.20. The average Bonchev–Trinajstić information content (AvgIpc) is 3.01. The van der Waals surface area contributed by atoms with Crippen LogP contribution in [0.3, 0.4) is 0 Å². The number of hydrogen-bond acceptors (Lipinski definition) is 3. The highest BCUT2D eigenvalue weighted by molar-refractivity contribution is 4.89. The Hall–Kier alpha value is -0.590. The lowest BCUT2D eigenvalue weighted by atomic mass is 10.1. The van der Waals surface area contributed by atoms with Crippen molar-refractivity contribution in [1.29, 1.82) is 5.26 Å². The van der Waals surface area contributed by atoms with E-state index in [-0.39, 0.29) is 0 Å². The molecule has 0 aromatic carbocycles. The minimum atomic E-state index is 0.348. The Morgan fingerprint density at radius 3 is 2.60 bits per heavy atom. The van der Waals surface area contributed by atoms with Crippen LogP contribution >= 0.6 is 0 Å². The standard InChI is InChI=1S/C12H22N2O/c1-10(6-7-13)14(8-9-15-3)11(2)12-4-5-12/h10-12H,4-6,8-9H2,1-3H3. The molecule has 0 heterocycles. The van der Waals surface area contributed by atoms with Crippen molar-refractivity contribution in [2.24, 2.45) is 5.92 Å². The maximum absolute atomic E-state index is 8.74. The molecule has 2 unspecified atom stereocenters. The minimum Gasteiger partial charge on any atom is -0.383 e. The maximum Gasteiger partial charge on any atom is 0.0638 e. The quantitative estimate of drug-likeness (QED) is 0.645. The summed E-state index contributed by atoms with van der Waals surface area (Å²) in [6.45, 7) is 6.11. The van der Waals surface area contributed by atoms with Crippen LogP contribution in [0, 0.1) is 17.2 Å². The Morgan fingerprint density at radius 1 is 1.47 bits per heavy atom. The van der Waals surface area contributed by atoms with Crippen molar-refractivity contribution in [3.8, 4) is 6.07 Å².